The number of sulfonamides is 1. The number of hydrogen-bond donors (Lipinski definition) is 3. The average molecular weight is 361 g/mol. The highest BCUT2D eigenvalue weighted by molar-refractivity contribution is 7.89. The molecule has 7 nitrogen and oxygen atoms in total. The zero-order valence-electron chi connectivity index (χ0n) is 13.9. The molecule has 0 aliphatic heterocycles. The predicted molar refractivity (Wildman–Crippen MR) is 94.2 cm³/mol. The molecule has 25 heavy (non-hydrogen) atoms. The number of nitrogens with one attached hydrogen (secondary N) is 2. The maximum atomic E-state index is 12.0. The lowest BCUT2D eigenvalue weighted by Gasteiger charge is -2.10. The SMILES string of the molecule is Cc1ccc(C)c(NC(=O)C(=O)NCc2ccc(S(N)(=O)=O)cc2)c1. The van der Waals surface area contributed by atoms with Gasteiger partial charge in [-0.1, -0.05) is 24.3 Å². The van der Waals surface area contributed by atoms with Crippen molar-refractivity contribution in [1.82, 2.24) is 5.32 Å². The third kappa shape index (κ3) is 5.13. The van der Waals surface area contributed by atoms with E-state index < -0.39 is 21.8 Å². The summed E-state index contributed by atoms with van der Waals surface area (Å²) in [4.78, 5) is 23.8. The van der Waals surface area contributed by atoms with Gasteiger partial charge in [0.2, 0.25) is 10.0 Å². The smallest absolute Gasteiger partial charge is 0.313 e. The van der Waals surface area contributed by atoms with E-state index in [-0.39, 0.29) is 11.4 Å². The number of carbonyl (C=O) groups is 2. The zero-order valence-corrected chi connectivity index (χ0v) is 14.7. The van der Waals surface area contributed by atoms with Crippen LogP contribution in [0.4, 0.5) is 5.69 Å². The predicted octanol–water partition coefficient (Wildman–Crippen LogP) is 1.21. The first-order chi connectivity index (χ1) is 11.7. The molecule has 8 heteroatoms. The molecule has 0 saturated carbocycles. The van der Waals surface area contributed by atoms with E-state index in [1.807, 2.05) is 26.0 Å². The van der Waals surface area contributed by atoms with Crippen molar-refractivity contribution in [3.63, 3.8) is 0 Å². The number of amides is 2. The normalized spacial score (nSPS) is 11.0. The van der Waals surface area contributed by atoms with E-state index in [1.165, 1.54) is 24.3 Å². The van der Waals surface area contributed by atoms with Crippen molar-refractivity contribution in [2.45, 2.75) is 25.3 Å². The first-order valence-electron chi connectivity index (χ1n) is 7.45. The van der Waals surface area contributed by atoms with Gasteiger partial charge >= 0.3 is 11.8 Å². The topological polar surface area (TPSA) is 118 Å². The van der Waals surface area contributed by atoms with Gasteiger partial charge in [-0.25, -0.2) is 13.6 Å². The van der Waals surface area contributed by atoms with Crippen LogP contribution in [0.2, 0.25) is 0 Å². The van der Waals surface area contributed by atoms with Crippen molar-refractivity contribution in [3.05, 3.63) is 59.2 Å². The molecule has 2 rings (SSSR count). The summed E-state index contributed by atoms with van der Waals surface area (Å²) in [6.07, 6.45) is 0. The number of nitrogens with two attached hydrogens (primary N) is 1. The van der Waals surface area contributed by atoms with Crippen molar-refractivity contribution < 1.29 is 18.0 Å². The van der Waals surface area contributed by atoms with Crippen LogP contribution in [-0.2, 0) is 26.2 Å². The van der Waals surface area contributed by atoms with Crippen LogP contribution in [0, 0.1) is 13.8 Å². The van der Waals surface area contributed by atoms with Crippen LogP contribution in [0.15, 0.2) is 47.4 Å². The van der Waals surface area contributed by atoms with Crippen LogP contribution in [-0.4, -0.2) is 20.2 Å². The van der Waals surface area contributed by atoms with E-state index in [4.69, 9.17) is 5.14 Å². The second-order valence-electron chi connectivity index (χ2n) is 5.64. The van der Waals surface area contributed by atoms with Crippen molar-refractivity contribution in [2.24, 2.45) is 5.14 Å². The van der Waals surface area contributed by atoms with Gasteiger partial charge in [-0.05, 0) is 48.7 Å². The van der Waals surface area contributed by atoms with Crippen molar-refractivity contribution in [1.29, 1.82) is 0 Å². The fraction of sp³-hybridized carbons (Fsp3) is 0.176. The Morgan fingerprint density at radius 3 is 2.24 bits per heavy atom. The largest absolute Gasteiger partial charge is 0.344 e. The number of carbonyl (C=O) groups excluding carboxylic acids is 2. The summed E-state index contributed by atoms with van der Waals surface area (Å²) in [5.41, 5.74) is 3.04. The molecular formula is C17H19N3O4S. The molecule has 0 radical (unpaired) electrons. The summed E-state index contributed by atoms with van der Waals surface area (Å²) in [6, 6.07) is 11.3. The molecule has 0 atom stereocenters. The van der Waals surface area contributed by atoms with Gasteiger partial charge in [0.15, 0.2) is 0 Å². The van der Waals surface area contributed by atoms with E-state index in [1.54, 1.807) is 6.07 Å². The van der Waals surface area contributed by atoms with E-state index in [9.17, 15) is 18.0 Å². The molecule has 0 fully saturated rings. The first-order valence-corrected chi connectivity index (χ1v) is 8.99. The van der Waals surface area contributed by atoms with E-state index in [2.05, 4.69) is 10.6 Å². The highest BCUT2D eigenvalue weighted by atomic mass is 32.2. The summed E-state index contributed by atoms with van der Waals surface area (Å²) in [5.74, 6) is -1.55. The highest BCUT2D eigenvalue weighted by Gasteiger charge is 2.14. The third-order valence-electron chi connectivity index (χ3n) is 3.55. The lowest BCUT2D eigenvalue weighted by atomic mass is 10.1. The molecule has 2 aromatic carbocycles. The summed E-state index contributed by atoms with van der Waals surface area (Å²) in [5, 5.41) is 10.1. The molecule has 0 aliphatic rings. The van der Waals surface area contributed by atoms with Gasteiger partial charge < -0.3 is 10.6 Å². The van der Waals surface area contributed by atoms with E-state index in [0.717, 1.165) is 11.1 Å². The minimum atomic E-state index is -3.76. The van der Waals surface area contributed by atoms with Crippen LogP contribution in [0.25, 0.3) is 0 Å². The summed E-state index contributed by atoms with van der Waals surface area (Å²) >= 11 is 0. The number of rotatable bonds is 4. The maximum absolute atomic E-state index is 12.0. The highest BCUT2D eigenvalue weighted by Crippen LogP contribution is 2.16. The van der Waals surface area contributed by atoms with Gasteiger partial charge in [0.25, 0.3) is 0 Å². The summed E-state index contributed by atoms with van der Waals surface area (Å²) < 4.78 is 22.4. The Kier molecular flexibility index (Phi) is 5.55. The molecule has 0 unspecified atom stereocenters. The minimum Gasteiger partial charge on any atom is -0.344 e. The number of aryl methyl sites for hydroxylation is 2. The fourth-order valence-corrected chi connectivity index (χ4v) is 2.62. The molecule has 0 heterocycles. The van der Waals surface area contributed by atoms with Crippen LogP contribution >= 0.6 is 0 Å². The van der Waals surface area contributed by atoms with Crippen molar-refractivity contribution in [3.8, 4) is 0 Å². The number of primary sulfonamides is 1. The van der Waals surface area contributed by atoms with Crippen LogP contribution in [0.1, 0.15) is 16.7 Å². The van der Waals surface area contributed by atoms with Gasteiger partial charge in [-0.2, -0.15) is 0 Å². The lowest BCUT2D eigenvalue weighted by Crippen LogP contribution is -2.35. The Morgan fingerprint density at radius 2 is 1.64 bits per heavy atom. The van der Waals surface area contributed by atoms with Gasteiger partial charge in [-0.15, -0.1) is 0 Å². The van der Waals surface area contributed by atoms with Crippen LogP contribution in [0.3, 0.4) is 0 Å². The molecule has 0 bridgehead atoms. The Labute approximate surface area is 146 Å². The second kappa shape index (κ2) is 7.45. The Hall–Kier alpha value is -2.71. The zero-order chi connectivity index (χ0) is 18.6. The lowest BCUT2D eigenvalue weighted by molar-refractivity contribution is -0.136. The molecule has 2 amide bonds. The fourth-order valence-electron chi connectivity index (χ4n) is 2.11. The average Bonchev–Trinajstić information content (AvgIpc) is 2.55. The molecule has 4 N–H and O–H groups in total. The monoisotopic (exact) mass is 361 g/mol. The van der Waals surface area contributed by atoms with Gasteiger partial charge in [0.05, 0.1) is 4.90 Å². The van der Waals surface area contributed by atoms with Crippen molar-refractivity contribution >= 4 is 27.5 Å². The summed E-state index contributed by atoms with van der Waals surface area (Å²) in [7, 11) is -3.76. The summed E-state index contributed by atoms with van der Waals surface area (Å²) in [6.45, 7) is 3.81. The Balaban J connectivity index is 1.95. The molecular weight excluding hydrogens is 342 g/mol. The number of hydrogen-bond acceptors (Lipinski definition) is 4. The molecule has 2 aromatic rings. The quantitative estimate of drug-likeness (QED) is 0.709. The van der Waals surface area contributed by atoms with E-state index >= 15 is 0 Å². The van der Waals surface area contributed by atoms with Crippen molar-refractivity contribution in [2.75, 3.05) is 5.32 Å². The van der Waals surface area contributed by atoms with Gasteiger partial charge in [0.1, 0.15) is 0 Å². The molecule has 0 saturated heterocycles. The molecule has 132 valence electrons. The number of benzene rings is 2. The van der Waals surface area contributed by atoms with Crippen LogP contribution in [0.5, 0.6) is 0 Å². The standard InChI is InChI=1S/C17H19N3O4S/c1-11-3-4-12(2)15(9-11)20-17(22)16(21)19-10-13-5-7-14(8-6-13)25(18,23)24/h3-9H,10H2,1-2H3,(H,19,21)(H,20,22)(H2,18,23,24). The Morgan fingerprint density at radius 1 is 1.00 bits per heavy atom. The van der Waals surface area contributed by atoms with Crippen LogP contribution < -0.4 is 15.8 Å². The molecule has 0 aliphatic carbocycles. The first kappa shape index (κ1) is 18.6. The second-order valence-corrected chi connectivity index (χ2v) is 7.21. The minimum absolute atomic E-state index is 0.0183. The van der Waals surface area contributed by atoms with Gasteiger partial charge in [0, 0.05) is 12.2 Å². The van der Waals surface area contributed by atoms with Gasteiger partial charge in [-0.3, -0.25) is 9.59 Å². The maximum Gasteiger partial charge on any atom is 0.313 e. The molecule has 0 spiro atoms. The number of anilines is 1. The third-order valence-corrected chi connectivity index (χ3v) is 4.48. The Bertz CT molecular complexity index is 906. The van der Waals surface area contributed by atoms with E-state index in [0.29, 0.717) is 11.3 Å². The molecule has 0 aromatic heterocycles.